The molecule has 0 aromatic heterocycles. The standard InChI is InChI=1S/C39H74NO8P/c1-3-5-7-9-11-13-15-17-18-20-22-24-26-28-30-32-39(42)48-37(36-47-49(43,44)46-34-33-40)35-45-38(41)31-29-27-25-23-21-19-16-14-12-10-8-6-4-2/h13-16,37H,3-12,17-36,40H2,1-2H3,(H,43,44)/b15-13-,16-14-. The van der Waals surface area contributed by atoms with Crippen LogP contribution in [0.1, 0.15) is 181 Å². The molecular weight excluding hydrogens is 641 g/mol. The van der Waals surface area contributed by atoms with Gasteiger partial charge in [-0.1, -0.05) is 128 Å². The number of carbonyl (C=O) groups is 2. The Labute approximate surface area is 300 Å². The molecule has 0 spiro atoms. The quantitative estimate of drug-likeness (QED) is 0.0279. The average molecular weight is 716 g/mol. The van der Waals surface area contributed by atoms with Crippen LogP contribution < -0.4 is 5.73 Å². The van der Waals surface area contributed by atoms with Gasteiger partial charge < -0.3 is 20.1 Å². The van der Waals surface area contributed by atoms with Crippen molar-refractivity contribution in [2.24, 2.45) is 5.73 Å². The molecule has 0 rings (SSSR count). The lowest BCUT2D eigenvalue weighted by Gasteiger charge is -2.19. The summed E-state index contributed by atoms with van der Waals surface area (Å²) in [5, 5.41) is 0. The molecule has 9 nitrogen and oxygen atoms in total. The first-order chi connectivity index (χ1) is 23.8. The third kappa shape index (κ3) is 36.1. The van der Waals surface area contributed by atoms with Crippen molar-refractivity contribution < 1.29 is 37.6 Å². The largest absolute Gasteiger partial charge is 0.472 e. The summed E-state index contributed by atoms with van der Waals surface area (Å²) in [7, 11) is -4.37. The number of phosphoric acid groups is 1. The van der Waals surface area contributed by atoms with Gasteiger partial charge in [-0.2, -0.15) is 0 Å². The number of rotatable bonds is 37. The zero-order valence-corrected chi connectivity index (χ0v) is 32.3. The molecule has 2 unspecified atom stereocenters. The van der Waals surface area contributed by atoms with Crippen molar-refractivity contribution in [2.45, 2.75) is 187 Å². The van der Waals surface area contributed by atoms with E-state index in [-0.39, 0.29) is 32.6 Å². The van der Waals surface area contributed by atoms with Gasteiger partial charge in [0, 0.05) is 19.4 Å². The van der Waals surface area contributed by atoms with E-state index in [1.165, 1.54) is 83.5 Å². The van der Waals surface area contributed by atoms with E-state index in [2.05, 4.69) is 38.2 Å². The molecule has 0 amide bonds. The Hall–Kier alpha value is -1.51. The highest BCUT2D eigenvalue weighted by molar-refractivity contribution is 7.47. The molecule has 0 aromatic rings. The van der Waals surface area contributed by atoms with Crippen LogP contribution in [0.25, 0.3) is 0 Å². The maximum absolute atomic E-state index is 12.5. The maximum atomic E-state index is 12.5. The van der Waals surface area contributed by atoms with E-state index < -0.39 is 32.5 Å². The van der Waals surface area contributed by atoms with Crippen molar-refractivity contribution in [3.05, 3.63) is 24.3 Å². The predicted octanol–water partition coefficient (Wildman–Crippen LogP) is 10.8. The number of unbranched alkanes of at least 4 members (excludes halogenated alkanes) is 20. The highest BCUT2D eigenvalue weighted by Gasteiger charge is 2.25. The Morgan fingerprint density at radius 3 is 1.45 bits per heavy atom. The van der Waals surface area contributed by atoms with Gasteiger partial charge in [0.1, 0.15) is 6.61 Å². The second-order valence-electron chi connectivity index (χ2n) is 13.1. The first-order valence-electron chi connectivity index (χ1n) is 19.8. The summed E-state index contributed by atoms with van der Waals surface area (Å²) in [5.74, 6) is -0.842. The summed E-state index contributed by atoms with van der Waals surface area (Å²) in [4.78, 5) is 34.7. The Balaban J connectivity index is 4.22. The van der Waals surface area contributed by atoms with Gasteiger partial charge >= 0.3 is 19.8 Å². The van der Waals surface area contributed by atoms with Crippen LogP contribution in [-0.2, 0) is 32.7 Å². The van der Waals surface area contributed by atoms with Gasteiger partial charge in [-0.3, -0.25) is 18.6 Å². The number of hydrogen-bond acceptors (Lipinski definition) is 8. The first-order valence-corrected chi connectivity index (χ1v) is 21.3. The van der Waals surface area contributed by atoms with Crippen LogP contribution in [0.4, 0.5) is 0 Å². The van der Waals surface area contributed by atoms with Crippen molar-refractivity contribution >= 4 is 19.8 Å². The van der Waals surface area contributed by atoms with Gasteiger partial charge in [0.05, 0.1) is 13.2 Å². The van der Waals surface area contributed by atoms with Crippen LogP contribution in [-0.4, -0.2) is 49.3 Å². The topological polar surface area (TPSA) is 134 Å². The fourth-order valence-corrected chi connectivity index (χ4v) is 6.09. The van der Waals surface area contributed by atoms with Crippen molar-refractivity contribution in [2.75, 3.05) is 26.4 Å². The van der Waals surface area contributed by atoms with Crippen LogP contribution in [0.2, 0.25) is 0 Å². The Bertz CT molecular complexity index is 866. The number of allylic oxidation sites excluding steroid dienone is 4. The lowest BCUT2D eigenvalue weighted by atomic mass is 10.1. The predicted molar refractivity (Wildman–Crippen MR) is 201 cm³/mol. The third-order valence-electron chi connectivity index (χ3n) is 8.31. The number of ether oxygens (including phenoxy) is 2. The second-order valence-corrected chi connectivity index (χ2v) is 14.6. The molecule has 0 radical (unpaired) electrons. The summed E-state index contributed by atoms with van der Waals surface area (Å²) < 4.78 is 32.7. The third-order valence-corrected chi connectivity index (χ3v) is 9.29. The molecule has 0 bridgehead atoms. The van der Waals surface area contributed by atoms with Crippen LogP contribution in [0, 0.1) is 0 Å². The molecule has 0 aliphatic rings. The average Bonchev–Trinajstić information content (AvgIpc) is 3.08. The Kier molecular flexibility index (Phi) is 35.2. The number of nitrogens with two attached hydrogens (primary N) is 1. The zero-order chi connectivity index (χ0) is 36.1. The van der Waals surface area contributed by atoms with Gasteiger partial charge in [-0.25, -0.2) is 4.57 Å². The maximum Gasteiger partial charge on any atom is 0.472 e. The summed E-state index contributed by atoms with van der Waals surface area (Å²) in [6.45, 7) is 3.68. The monoisotopic (exact) mass is 716 g/mol. The van der Waals surface area contributed by atoms with E-state index in [0.717, 1.165) is 64.2 Å². The molecule has 2 atom stereocenters. The minimum absolute atomic E-state index is 0.0524. The van der Waals surface area contributed by atoms with Crippen LogP contribution >= 0.6 is 7.82 Å². The van der Waals surface area contributed by atoms with Crippen molar-refractivity contribution in [3.63, 3.8) is 0 Å². The molecular formula is C39H74NO8P. The van der Waals surface area contributed by atoms with Crippen molar-refractivity contribution in [1.82, 2.24) is 0 Å². The summed E-state index contributed by atoms with van der Waals surface area (Å²) in [6, 6.07) is 0. The Morgan fingerprint density at radius 2 is 1.00 bits per heavy atom. The van der Waals surface area contributed by atoms with Crippen LogP contribution in [0.15, 0.2) is 24.3 Å². The number of phosphoric ester groups is 1. The molecule has 0 fully saturated rings. The zero-order valence-electron chi connectivity index (χ0n) is 31.4. The van der Waals surface area contributed by atoms with E-state index in [9.17, 15) is 19.0 Å². The van der Waals surface area contributed by atoms with E-state index in [4.69, 9.17) is 24.3 Å². The lowest BCUT2D eigenvalue weighted by molar-refractivity contribution is -0.161. The molecule has 3 N–H and O–H groups in total. The van der Waals surface area contributed by atoms with E-state index in [1.54, 1.807) is 0 Å². The summed E-state index contributed by atoms with van der Waals surface area (Å²) >= 11 is 0. The minimum Gasteiger partial charge on any atom is -0.462 e. The summed E-state index contributed by atoms with van der Waals surface area (Å²) in [5.41, 5.74) is 5.33. The molecule has 49 heavy (non-hydrogen) atoms. The number of hydrogen-bond donors (Lipinski definition) is 2. The molecule has 0 saturated carbocycles. The molecule has 0 aromatic carbocycles. The van der Waals surface area contributed by atoms with E-state index in [1.807, 2.05) is 0 Å². The number of carbonyl (C=O) groups excluding carboxylic acids is 2. The molecule has 10 heteroatoms. The Morgan fingerprint density at radius 1 is 0.592 bits per heavy atom. The molecule has 0 aliphatic carbocycles. The SMILES string of the molecule is CCCCCC/C=C\CCCCCCCCCC(=O)OC(COC(=O)CCCCCCC/C=C\CCCCCC)COP(=O)(O)OCCN. The first kappa shape index (κ1) is 47.5. The normalized spacial score (nSPS) is 13.6. The van der Waals surface area contributed by atoms with Gasteiger partial charge in [0.2, 0.25) is 0 Å². The van der Waals surface area contributed by atoms with E-state index >= 15 is 0 Å². The van der Waals surface area contributed by atoms with Gasteiger partial charge in [0.25, 0.3) is 0 Å². The minimum atomic E-state index is -4.37. The fourth-order valence-electron chi connectivity index (χ4n) is 5.33. The van der Waals surface area contributed by atoms with Gasteiger partial charge in [0.15, 0.2) is 6.10 Å². The molecule has 0 heterocycles. The number of esters is 2. The smallest absolute Gasteiger partial charge is 0.462 e. The van der Waals surface area contributed by atoms with Crippen LogP contribution in [0.3, 0.4) is 0 Å². The van der Waals surface area contributed by atoms with Crippen molar-refractivity contribution in [3.8, 4) is 0 Å². The highest BCUT2D eigenvalue weighted by Crippen LogP contribution is 2.43. The van der Waals surface area contributed by atoms with Gasteiger partial charge in [-0.05, 0) is 64.2 Å². The fraction of sp³-hybridized carbons (Fsp3) is 0.846. The molecule has 288 valence electrons. The van der Waals surface area contributed by atoms with Crippen LogP contribution in [0.5, 0.6) is 0 Å². The molecule has 0 saturated heterocycles. The molecule has 0 aliphatic heterocycles. The second kappa shape index (κ2) is 36.3. The highest BCUT2D eigenvalue weighted by atomic mass is 31.2. The van der Waals surface area contributed by atoms with Gasteiger partial charge in [-0.15, -0.1) is 0 Å². The lowest BCUT2D eigenvalue weighted by Crippen LogP contribution is -2.29. The van der Waals surface area contributed by atoms with Crippen molar-refractivity contribution in [1.29, 1.82) is 0 Å². The summed E-state index contributed by atoms with van der Waals surface area (Å²) in [6.07, 6.45) is 36.3. The van der Waals surface area contributed by atoms with E-state index in [0.29, 0.717) is 6.42 Å².